The standard InChI is InChI=1S/C18H16N2O4S/c1-11(22)15-7-13(9-25-15)17-16(12-5-3-2-4-6-12)19-10-20(17)14(8-21)18(23)24/h2-7,9-10,14,21H,8H2,1H3,(H,23,24)/t14-/m0/s1. The molecular formula is C18H16N2O4S. The second-order valence-electron chi connectivity index (χ2n) is 5.51. The highest BCUT2D eigenvalue weighted by molar-refractivity contribution is 7.12. The summed E-state index contributed by atoms with van der Waals surface area (Å²) in [6.07, 6.45) is 1.41. The minimum atomic E-state index is -1.15. The van der Waals surface area contributed by atoms with Crippen LogP contribution in [-0.2, 0) is 4.79 Å². The van der Waals surface area contributed by atoms with E-state index in [-0.39, 0.29) is 5.78 Å². The van der Waals surface area contributed by atoms with Gasteiger partial charge < -0.3 is 14.8 Å². The minimum absolute atomic E-state index is 0.0551. The molecule has 0 saturated heterocycles. The molecule has 3 rings (SSSR count). The summed E-state index contributed by atoms with van der Waals surface area (Å²) in [5, 5.41) is 20.7. The van der Waals surface area contributed by atoms with Gasteiger partial charge in [0.1, 0.15) is 0 Å². The third kappa shape index (κ3) is 3.24. The molecule has 0 bridgehead atoms. The van der Waals surface area contributed by atoms with Gasteiger partial charge in [0.15, 0.2) is 11.8 Å². The van der Waals surface area contributed by atoms with Crippen LogP contribution in [0.3, 0.4) is 0 Å². The molecule has 1 aromatic carbocycles. The number of aliphatic hydroxyl groups is 1. The number of rotatable bonds is 6. The van der Waals surface area contributed by atoms with Crippen molar-refractivity contribution in [2.45, 2.75) is 13.0 Å². The highest BCUT2D eigenvalue weighted by atomic mass is 32.1. The van der Waals surface area contributed by atoms with Gasteiger partial charge in [0.2, 0.25) is 0 Å². The lowest BCUT2D eigenvalue weighted by Crippen LogP contribution is -2.22. The number of aliphatic hydroxyl groups excluding tert-OH is 1. The first-order valence-corrected chi connectivity index (χ1v) is 8.46. The van der Waals surface area contributed by atoms with Crippen LogP contribution in [0.5, 0.6) is 0 Å². The number of thiophene rings is 1. The molecule has 0 amide bonds. The molecule has 6 nitrogen and oxygen atoms in total. The molecular weight excluding hydrogens is 340 g/mol. The predicted octanol–water partition coefficient (Wildman–Crippen LogP) is 3.10. The van der Waals surface area contributed by atoms with E-state index in [0.717, 1.165) is 5.56 Å². The van der Waals surface area contributed by atoms with Crippen LogP contribution in [0.25, 0.3) is 22.5 Å². The third-order valence-electron chi connectivity index (χ3n) is 3.85. The van der Waals surface area contributed by atoms with E-state index < -0.39 is 18.6 Å². The van der Waals surface area contributed by atoms with Crippen molar-refractivity contribution < 1.29 is 19.8 Å². The van der Waals surface area contributed by atoms with Gasteiger partial charge in [-0.25, -0.2) is 9.78 Å². The number of benzene rings is 1. The lowest BCUT2D eigenvalue weighted by atomic mass is 10.1. The lowest BCUT2D eigenvalue weighted by Gasteiger charge is -2.15. The van der Waals surface area contributed by atoms with Crippen molar-refractivity contribution in [2.75, 3.05) is 6.61 Å². The minimum Gasteiger partial charge on any atom is -0.480 e. The SMILES string of the molecule is CC(=O)c1cc(-c2c(-c3ccccc3)ncn2[C@@H](CO)C(=O)O)cs1. The zero-order chi connectivity index (χ0) is 18.0. The number of imidazole rings is 1. The highest BCUT2D eigenvalue weighted by Crippen LogP contribution is 2.35. The van der Waals surface area contributed by atoms with E-state index >= 15 is 0 Å². The van der Waals surface area contributed by atoms with Crippen molar-refractivity contribution >= 4 is 23.1 Å². The molecule has 0 aliphatic carbocycles. The van der Waals surface area contributed by atoms with E-state index in [9.17, 15) is 19.8 Å². The number of ketones is 1. The molecule has 1 atom stereocenters. The largest absolute Gasteiger partial charge is 0.480 e. The van der Waals surface area contributed by atoms with E-state index in [1.807, 2.05) is 30.3 Å². The highest BCUT2D eigenvalue weighted by Gasteiger charge is 2.25. The summed E-state index contributed by atoms with van der Waals surface area (Å²) in [6, 6.07) is 9.95. The first-order valence-electron chi connectivity index (χ1n) is 7.58. The molecule has 128 valence electrons. The number of aliphatic carboxylic acids is 1. The summed E-state index contributed by atoms with van der Waals surface area (Å²) in [4.78, 5) is 28.1. The molecule has 0 spiro atoms. The van der Waals surface area contributed by atoms with Crippen molar-refractivity contribution in [1.82, 2.24) is 9.55 Å². The van der Waals surface area contributed by atoms with Gasteiger partial charge >= 0.3 is 5.97 Å². The first kappa shape index (κ1) is 17.1. The third-order valence-corrected chi connectivity index (χ3v) is 4.89. The summed E-state index contributed by atoms with van der Waals surface area (Å²) in [5.41, 5.74) is 2.70. The average Bonchev–Trinajstić information content (AvgIpc) is 3.22. The van der Waals surface area contributed by atoms with Crippen LogP contribution >= 0.6 is 11.3 Å². The number of carbonyl (C=O) groups is 2. The zero-order valence-corrected chi connectivity index (χ0v) is 14.2. The van der Waals surface area contributed by atoms with Crippen LogP contribution in [0, 0.1) is 0 Å². The number of carboxylic acids is 1. The molecule has 0 unspecified atom stereocenters. The Kier molecular flexibility index (Phi) is 4.78. The fraction of sp³-hybridized carbons (Fsp3) is 0.167. The maximum absolute atomic E-state index is 11.6. The average molecular weight is 356 g/mol. The fourth-order valence-electron chi connectivity index (χ4n) is 2.62. The van der Waals surface area contributed by atoms with Gasteiger partial charge in [-0.2, -0.15) is 0 Å². The van der Waals surface area contributed by atoms with Gasteiger partial charge in [0.05, 0.1) is 29.2 Å². The fourth-order valence-corrected chi connectivity index (χ4v) is 3.42. The van der Waals surface area contributed by atoms with E-state index in [2.05, 4.69) is 4.98 Å². The second kappa shape index (κ2) is 7.00. The Morgan fingerprint density at radius 1 is 1.24 bits per heavy atom. The van der Waals surface area contributed by atoms with Crippen LogP contribution in [-0.4, -0.2) is 38.1 Å². The predicted molar refractivity (Wildman–Crippen MR) is 94.7 cm³/mol. The van der Waals surface area contributed by atoms with Crippen LogP contribution in [0.2, 0.25) is 0 Å². The van der Waals surface area contributed by atoms with Crippen molar-refractivity contribution in [3.05, 3.63) is 53.0 Å². The van der Waals surface area contributed by atoms with Gasteiger partial charge in [0.25, 0.3) is 0 Å². The van der Waals surface area contributed by atoms with Gasteiger partial charge in [-0.15, -0.1) is 11.3 Å². The summed E-state index contributed by atoms with van der Waals surface area (Å²) in [6.45, 7) is 0.926. The molecule has 7 heteroatoms. The van der Waals surface area contributed by atoms with Crippen molar-refractivity contribution in [3.63, 3.8) is 0 Å². The van der Waals surface area contributed by atoms with Gasteiger partial charge in [0, 0.05) is 16.5 Å². The number of carbonyl (C=O) groups excluding carboxylic acids is 1. The van der Waals surface area contributed by atoms with E-state index in [1.165, 1.54) is 29.2 Å². The Labute approximate surface area is 148 Å². The van der Waals surface area contributed by atoms with Crippen molar-refractivity contribution in [2.24, 2.45) is 0 Å². The van der Waals surface area contributed by atoms with Gasteiger partial charge in [-0.3, -0.25) is 4.79 Å². The Morgan fingerprint density at radius 3 is 2.52 bits per heavy atom. The molecule has 2 N–H and O–H groups in total. The summed E-state index contributed by atoms with van der Waals surface area (Å²) >= 11 is 1.30. The smallest absolute Gasteiger partial charge is 0.329 e. The number of Topliss-reactive ketones (excluding diaryl/α,β-unsaturated/α-hetero) is 1. The maximum Gasteiger partial charge on any atom is 0.329 e. The molecule has 2 aromatic heterocycles. The molecule has 0 radical (unpaired) electrons. The topological polar surface area (TPSA) is 92.4 Å². The van der Waals surface area contributed by atoms with Crippen molar-refractivity contribution in [1.29, 1.82) is 0 Å². The Balaban J connectivity index is 2.22. The quantitative estimate of drug-likeness (QED) is 0.662. The number of aromatic nitrogens is 2. The van der Waals surface area contributed by atoms with E-state index in [1.54, 1.807) is 11.4 Å². The Morgan fingerprint density at radius 2 is 1.96 bits per heavy atom. The van der Waals surface area contributed by atoms with E-state index in [0.29, 0.717) is 21.8 Å². The molecule has 2 heterocycles. The van der Waals surface area contributed by atoms with Crippen molar-refractivity contribution in [3.8, 4) is 22.5 Å². The lowest BCUT2D eigenvalue weighted by molar-refractivity contribution is -0.142. The molecule has 0 aliphatic heterocycles. The molecule has 0 saturated carbocycles. The molecule has 25 heavy (non-hydrogen) atoms. The van der Waals surface area contributed by atoms with Crippen LogP contribution in [0.15, 0.2) is 48.1 Å². The summed E-state index contributed by atoms with van der Waals surface area (Å²) in [7, 11) is 0. The number of hydrogen-bond acceptors (Lipinski definition) is 5. The monoisotopic (exact) mass is 356 g/mol. The second-order valence-corrected chi connectivity index (χ2v) is 6.42. The molecule has 0 aliphatic rings. The normalized spacial score (nSPS) is 12.1. The molecule has 3 aromatic rings. The number of hydrogen-bond donors (Lipinski definition) is 2. The van der Waals surface area contributed by atoms with Crippen LogP contribution in [0.4, 0.5) is 0 Å². The maximum atomic E-state index is 11.6. The number of nitrogens with zero attached hydrogens (tertiary/aromatic N) is 2. The molecule has 0 fully saturated rings. The Hall–Kier alpha value is -2.77. The zero-order valence-electron chi connectivity index (χ0n) is 13.4. The van der Waals surface area contributed by atoms with Crippen LogP contribution in [0.1, 0.15) is 22.6 Å². The number of carboxylic acid groups (broad SMARTS) is 1. The van der Waals surface area contributed by atoms with E-state index in [4.69, 9.17) is 0 Å². The summed E-state index contributed by atoms with van der Waals surface area (Å²) < 4.78 is 1.44. The van der Waals surface area contributed by atoms with Gasteiger partial charge in [-0.05, 0) is 13.0 Å². The van der Waals surface area contributed by atoms with Crippen LogP contribution < -0.4 is 0 Å². The Bertz CT molecular complexity index is 914. The summed E-state index contributed by atoms with van der Waals surface area (Å²) in [5.74, 6) is -1.21. The first-order chi connectivity index (χ1) is 12.0. The van der Waals surface area contributed by atoms with Gasteiger partial charge in [-0.1, -0.05) is 30.3 Å².